The first-order valence-electron chi connectivity index (χ1n) is 10.7. The van der Waals surface area contributed by atoms with Gasteiger partial charge in [0.05, 0.1) is 24.1 Å². The highest BCUT2D eigenvalue weighted by atomic mass is 19.1. The highest BCUT2D eigenvalue weighted by Gasteiger charge is 2.47. The molecule has 0 spiro atoms. The fraction of sp³-hybridized carbons (Fsp3) is 0.619. The molecular formula is C21H27FN5O3. The Morgan fingerprint density at radius 1 is 1.20 bits per heavy atom. The smallest absolute Gasteiger partial charge is 0.350 e. The van der Waals surface area contributed by atoms with Crippen LogP contribution in [0.3, 0.4) is 0 Å². The van der Waals surface area contributed by atoms with Crippen molar-refractivity contribution in [3.8, 4) is 5.75 Å². The summed E-state index contributed by atoms with van der Waals surface area (Å²) in [5, 5.41) is 4.96. The number of nitrogens with zero attached hydrogens (tertiary/aromatic N) is 3. The van der Waals surface area contributed by atoms with Crippen molar-refractivity contribution in [1.29, 1.82) is 0 Å². The Hall–Kier alpha value is -2.39. The summed E-state index contributed by atoms with van der Waals surface area (Å²) in [5.74, 6) is 5.91. The van der Waals surface area contributed by atoms with Crippen molar-refractivity contribution in [2.45, 2.75) is 56.7 Å². The van der Waals surface area contributed by atoms with E-state index in [1.54, 1.807) is 0 Å². The highest BCUT2D eigenvalue weighted by molar-refractivity contribution is 5.86. The first-order chi connectivity index (χ1) is 14.5. The predicted molar refractivity (Wildman–Crippen MR) is 111 cm³/mol. The van der Waals surface area contributed by atoms with Crippen molar-refractivity contribution in [3.63, 3.8) is 0 Å². The Bertz CT molecular complexity index is 1120. The van der Waals surface area contributed by atoms with Crippen LogP contribution < -0.4 is 32.9 Å². The molecule has 1 aliphatic heterocycles. The predicted octanol–water partition coefficient (Wildman–Crippen LogP) is 1.15. The van der Waals surface area contributed by atoms with Crippen molar-refractivity contribution < 1.29 is 9.13 Å². The standard InChI is InChI=1S/C21H27FN5O3/c1-30-19-16(17-12-5-3-2-4-11(12)15(9-23)25-17)14(22)8-13-18(19)26(10-6-7-10)21(29)27(24)20(13)28/h8,10-12,15,17H,2-7,9,23-24H2,1H3. The largest absolute Gasteiger partial charge is 0.494 e. The fourth-order valence-corrected chi connectivity index (χ4v) is 5.63. The van der Waals surface area contributed by atoms with Crippen molar-refractivity contribution >= 4 is 10.9 Å². The van der Waals surface area contributed by atoms with Crippen LogP contribution >= 0.6 is 0 Å². The van der Waals surface area contributed by atoms with Gasteiger partial charge in [-0.25, -0.2) is 14.5 Å². The van der Waals surface area contributed by atoms with Gasteiger partial charge in [0, 0.05) is 18.6 Å². The van der Waals surface area contributed by atoms with Crippen LogP contribution in [0.1, 0.15) is 56.2 Å². The van der Waals surface area contributed by atoms with E-state index in [4.69, 9.17) is 21.6 Å². The number of benzene rings is 1. The van der Waals surface area contributed by atoms with E-state index in [1.165, 1.54) is 17.7 Å². The molecule has 2 heterocycles. The van der Waals surface area contributed by atoms with E-state index in [1.807, 2.05) is 0 Å². The molecular weight excluding hydrogens is 389 g/mol. The molecule has 0 bridgehead atoms. The van der Waals surface area contributed by atoms with Gasteiger partial charge in [-0.1, -0.05) is 12.8 Å². The maximum atomic E-state index is 15.5. The lowest BCUT2D eigenvalue weighted by atomic mass is 9.74. The van der Waals surface area contributed by atoms with Gasteiger partial charge in [-0.05, 0) is 43.6 Å². The lowest BCUT2D eigenvalue weighted by Crippen LogP contribution is -2.44. The average molecular weight is 416 g/mol. The van der Waals surface area contributed by atoms with E-state index in [-0.39, 0.29) is 29.1 Å². The molecule has 8 nitrogen and oxygen atoms in total. The van der Waals surface area contributed by atoms with Gasteiger partial charge in [-0.3, -0.25) is 9.36 Å². The SMILES string of the molecule is COc1c(C2[N]C(CN)C3CCCCC23)c(F)cc2c(=O)n(N)c(=O)n(C3CC3)c12. The maximum Gasteiger partial charge on any atom is 0.350 e. The van der Waals surface area contributed by atoms with Crippen LogP contribution in [0.15, 0.2) is 15.7 Å². The molecule has 4 unspecified atom stereocenters. The molecule has 2 saturated carbocycles. The molecule has 2 aromatic rings. The van der Waals surface area contributed by atoms with Crippen LogP contribution in [0.2, 0.25) is 0 Å². The van der Waals surface area contributed by atoms with Gasteiger partial charge in [-0.2, -0.15) is 4.68 Å². The van der Waals surface area contributed by atoms with Gasteiger partial charge in [0.1, 0.15) is 11.3 Å². The van der Waals surface area contributed by atoms with Gasteiger partial charge < -0.3 is 16.3 Å². The highest BCUT2D eigenvalue weighted by Crippen LogP contribution is 2.50. The second kappa shape index (κ2) is 7.09. The minimum Gasteiger partial charge on any atom is -0.494 e. The van der Waals surface area contributed by atoms with Crippen molar-refractivity contribution in [3.05, 3.63) is 38.3 Å². The normalized spacial score (nSPS) is 28.6. The molecule has 0 amide bonds. The quantitative estimate of drug-likeness (QED) is 0.725. The second-order valence-electron chi connectivity index (χ2n) is 8.77. The Kier molecular flexibility index (Phi) is 4.62. The molecule has 1 saturated heterocycles. The molecule has 161 valence electrons. The molecule has 1 radical (unpaired) electrons. The summed E-state index contributed by atoms with van der Waals surface area (Å²) in [5.41, 5.74) is 5.31. The number of nitrogen functional groups attached to an aromatic ring is 1. The Morgan fingerprint density at radius 2 is 1.90 bits per heavy atom. The number of halogens is 1. The monoisotopic (exact) mass is 416 g/mol. The van der Waals surface area contributed by atoms with E-state index in [2.05, 4.69) is 0 Å². The third kappa shape index (κ3) is 2.71. The molecule has 4 N–H and O–H groups in total. The number of methoxy groups -OCH3 is 1. The second-order valence-corrected chi connectivity index (χ2v) is 8.77. The molecule has 3 aliphatic rings. The van der Waals surface area contributed by atoms with Crippen LogP contribution in [-0.2, 0) is 0 Å². The summed E-state index contributed by atoms with van der Waals surface area (Å²) in [6.07, 6.45) is 5.80. The van der Waals surface area contributed by atoms with E-state index in [0.29, 0.717) is 28.2 Å². The first kappa shape index (κ1) is 19.6. The number of rotatable bonds is 4. The summed E-state index contributed by atoms with van der Waals surface area (Å²) >= 11 is 0. The van der Waals surface area contributed by atoms with Gasteiger partial charge in [0.25, 0.3) is 5.56 Å². The van der Waals surface area contributed by atoms with Crippen LogP contribution in [0, 0.1) is 17.7 Å². The molecule has 4 atom stereocenters. The minimum atomic E-state index is -0.727. The van der Waals surface area contributed by atoms with Gasteiger partial charge in [0.2, 0.25) is 0 Å². The molecule has 30 heavy (non-hydrogen) atoms. The molecule has 2 aliphatic carbocycles. The number of hydrogen-bond acceptors (Lipinski definition) is 5. The summed E-state index contributed by atoms with van der Waals surface area (Å²) in [7, 11) is 1.45. The van der Waals surface area contributed by atoms with Crippen molar-refractivity contribution in [2.75, 3.05) is 19.5 Å². The number of aromatic nitrogens is 2. The number of fused-ring (bicyclic) bond motifs is 2. The summed E-state index contributed by atoms with van der Waals surface area (Å²) in [6.45, 7) is 0.430. The molecule has 9 heteroatoms. The van der Waals surface area contributed by atoms with Crippen LogP contribution in [0.25, 0.3) is 10.9 Å². The summed E-state index contributed by atoms with van der Waals surface area (Å²) in [6, 6.07) is 0.719. The summed E-state index contributed by atoms with van der Waals surface area (Å²) in [4.78, 5) is 25.5. The molecule has 1 aromatic heterocycles. The summed E-state index contributed by atoms with van der Waals surface area (Å²) < 4.78 is 23.3. The first-order valence-corrected chi connectivity index (χ1v) is 10.7. The number of ether oxygens (including phenoxy) is 1. The van der Waals surface area contributed by atoms with Crippen molar-refractivity contribution in [2.24, 2.45) is 17.6 Å². The zero-order chi connectivity index (χ0) is 21.2. The Balaban J connectivity index is 1.79. The minimum absolute atomic E-state index is 0.0113. The Morgan fingerprint density at radius 3 is 2.53 bits per heavy atom. The molecule has 1 aromatic carbocycles. The topological polar surface area (TPSA) is 119 Å². The van der Waals surface area contributed by atoms with E-state index >= 15 is 4.39 Å². The zero-order valence-electron chi connectivity index (χ0n) is 17.0. The maximum absolute atomic E-state index is 15.5. The Labute approximate surface area is 173 Å². The molecule has 3 fully saturated rings. The van der Waals surface area contributed by atoms with Crippen LogP contribution in [0.5, 0.6) is 5.75 Å². The third-order valence-electron chi connectivity index (χ3n) is 7.13. The lowest BCUT2D eigenvalue weighted by Gasteiger charge is -2.30. The average Bonchev–Trinajstić information content (AvgIpc) is 3.52. The third-order valence-corrected chi connectivity index (χ3v) is 7.13. The van der Waals surface area contributed by atoms with E-state index in [9.17, 15) is 9.59 Å². The zero-order valence-corrected chi connectivity index (χ0v) is 17.0. The van der Waals surface area contributed by atoms with Gasteiger partial charge in [-0.15, -0.1) is 0 Å². The molecule has 5 rings (SSSR count). The lowest BCUT2D eigenvalue weighted by molar-refractivity contribution is 0.243. The van der Waals surface area contributed by atoms with Gasteiger partial charge >= 0.3 is 5.69 Å². The van der Waals surface area contributed by atoms with Crippen molar-refractivity contribution in [1.82, 2.24) is 14.6 Å². The number of hydrogen-bond donors (Lipinski definition) is 2. The van der Waals surface area contributed by atoms with E-state index in [0.717, 1.165) is 38.5 Å². The van der Waals surface area contributed by atoms with Crippen LogP contribution in [0.4, 0.5) is 4.39 Å². The van der Waals surface area contributed by atoms with Crippen LogP contribution in [-0.4, -0.2) is 28.9 Å². The van der Waals surface area contributed by atoms with E-state index < -0.39 is 23.1 Å². The fourth-order valence-electron chi connectivity index (χ4n) is 5.63. The number of nitrogens with two attached hydrogens (primary N) is 2. The van der Waals surface area contributed by atoms with Gasteiger partial charge in [0.15, 0.2) is 5.75 Å².